The highest BCUT2D eigenvalue weighted by atomic mass is 19.1. The lowest BCUT2D eigenvalue weighted by Crippen LogP contribution is -2.32. The first kappa shape index (κ1) is 16.1. The van der Waals surface area contributed by atoms with E-state index in [-0.39, 0.29) is 12.5 Å². The van der Waals surface area contributed by atoms with Crippen LogP contribution in [0.3, 0.4) is 0 Å². The lowest BCUT2D eigenvalue weighted by Gasteiger charge is -2.26. The molecule has 0 heterocycles. The van der Waals surface area contributed by atoms with Crippen molar-refractivity contribution >= 4 is 5.97 Å². The number of hydrogen-bond acceptors (Lipinski definition) is 3. The number of aliphatic carboxylic acids is 1. The van der Waals surface area contributed by atoms with Gasteiger partial charge in [-0.15, -0.1) is 0 Å². The van der Waals surface area contributed by atoms with Gasteiger partial charge >= 0.3 is 5.97 Å². The Morgan fingerprint density at radius 3 is 2.70 bits per heavy atom. The van der Waals surface area contributed by atoms with Crippen LogP contribution in [0.4, 0.5) is 4.39 Å². The smallest absolute Gasteiger partial charge is 0.303 e. The van der Waals surface area contributed by atoms with Crippen LogP contribution in [0.25, 0.3) is 0 Å². The Morgan fingerprint density at radius 1 is 1.50 bits per heavy atom. The van der Waals surface area contributed by atoms with Crippen LogP contribution in [-0.4, -0.2) is 28.6 Å². The average Bonchev–Trinajstić information content (AvgIpc) is 2.38. The molecule has 1 aromatic rings. The molecule has 1 N–H and O–H groups in total. The van der Waals surface area contributed by atoms with Gasteiger partial charge < -0.3 is 5.11 Å². The predicted octanol–water partition coefficient (Wildman–Crippen LogP) is 2.77. The van der Waals surface area contributed by atoms with Crippen molar-refractivity contribution in [2.75, 3.05) is 6.54 Å². The Bertz CT molecular complexity index is 509. The van der Waals surface area contributed by atoms with Gasteiger partial charge in [-0.05, 0) is 38.9 Å². The van der Waals surface area contributed by atoms with Crippen molar-refractivity contribution in [3.63, 3.8) is 0 Å². The molecule has 0 saturated carbocycles. The number of carboxylic acids is 1. The molecule has 1 aromatic carbocycles. The van der Waals surface area contributed by atoms with Crippen LogP contribution in [0.1, 0.15) is 37.8 Å². The molecule has 0 aliphatic rings. The van der Waals surface area contributed by atoms with E-state index >= 15 is 0 Å². The lowest BCUT2D eigenvalue weighted by molar-refractivity contribution is -0.137. The molecule has 0 fully saturated rings. The topological polar surface area (TPSA) is 64.3 Å². The van der Waals surface area contributed by atoms with Crippen molar-refractivity contribution in [3.05, 3.63) is 35.1 Å². The molecule has 0 amide bonds. The molecule has 0 atom stereocenters. The summed E-state index contributed by atoms with van der Waals surface area (Å²) in [6, 6.07) is 6.52. The van der Waals surface area contributed by atoms with Crippen LogP contribution in [0.5, 0.6) is 0 Å². The number of carboxylic acid groups (broad SMARTS) is 1. The molecule has 0 bridgehead atoms. The number of nitriles is 1. The maximum Gasteiger partial charge on any atom is 0.303 e. The third kappa shape index (κ3) is 4.98. The SMILES string of the molecule is CC(C)N(CCCC(=O)O)Cc1ccc(C#N)cc1F. The number of carbonyl (C=O) groups is 1. The Hall–Kier alpha value is -1.93. The fraction of sp³-hybridized carbons (Fsp3) is 0.467. The van der Waals surface area contributed by atoms with E-state index < -0.39 is 11.8 Å². The summed E-state index contributed by atoms with van der Waals surface area (Å²) in [5.74, 6) is -1.22. The molecule has 0 unspecified atom stereocenters. The molecule has 0 saturated heterocycles. The van der Waals surface area contributed by atoms with Crippen molar-refractivity contribution in [1.82, 2.24) is 4.90 Å². The molecule has 0 aliphatic carbocycles. The third-order valence-electron chi connectivity index (χ3n) is 3.12. The first-order valence-corrected chi connectivity index (χ1v) is 6.58. The molecule has 0 radical (unpaired) electrons. The van der Waals surface area contributed by atoms with Gasteiger partial charge in [0, 0.05) is 24.6 Å². The van der Waals surface area contributed by atoms with Gasteiger partial charge in [-0.3, -0.25) is 9.69 Å². The maximum atomic E-state index is 13.8. The number of benzene rings is 1. The third-order valence-corrected chi connectivity index (χ3v) is 3.12. The second-order valence-corrected chi connectivity index (χ2v) is 4.98. The Balaban J connectivity index is 2.70. The summed E-state index contributed by atoms with van der Waals surface area (Å²) in [6.45, 7) is 4.99. The summed E-state index contributed by atoms with van der Waals surface area (Å²) in [5, 5.41) is 17.4. The second kappa shape index (κ2) is 7.61. The minimum atomic E-state index is -0.821. The predicted molar refractivity (Wildman–Crippen MR) is 73.5 cm³/mol. The van der Waals surface area contributed by atoms with E-state index in [1.807, 2.05) is 24.8 Å². The Morgan fingerprint density at radius 2 is 2.20 bits per heavy atom. The first-order chi connectivity index (χ1) is 9.43. The highest BCUT2D eigenvalue weighted by Gasteiger charge is 2.13. The van der Waals surface area contributed by atoms with E-state index in [9.17, 15) is 9.18 Å². The minimum absolute atomic E-state index is 0.110. The molecular weight excluding hydrogens is 259 g/mol. The fourth-order valence-electron chi connectivity index (χ4n) is 1.92. The van der Waals surface area contributed by atoms with E-state index in [0.717, 1.165) is 0 Å². The van der Waals surface area contributed by atoms with Crippen LogP contribution in [0.15, 0.2) is 18.2 Å². The summed E-state index contributed by atoms with van der Waals surface area (Å²) < 4.78 is 13.8. The Labute approximate surface area is 118 Å². The molecule has 0 aliphatic heterocycles. The van der Waals surface area contributed by atoms with Crippen molar-refractivity contribution in [2.24, 2.45) is 0 Å². The van der Waals surface area contributed by atoms with Crippen molar-refractivity contribution < 1.29 is 14.3 Å². The van der Waals surface area contributed by atoms with Crippen LogP contribution in [0.2, 0.25) is 0 Å². The van der Waals surface area contributed by atoms with Crippen LogP contribution in [-0.2, 0) is 11.3 Å². The monoisotopic (exact) mass is 278 g/mol. The quantitative estimate of drug-likeness (QED) is 0.833. The largest absolute Gasteiger partial charge is 0.481 e. The van der Waals surface area contributed by atoms with Crippen molar-refractivity contribution in [2.45, 2.75) is 39.3 Å². The molecule has 1 rings (SSSR count). The van der Waals surface area contributed by atoms with E-state index in [4.69, 9.17) is 10.4 Å². The van der Waals surface area contributed by atoms with Gasteiger partial charge in [0.15, 0.2) is 0 Å². The number of rotatable bonds is 7. The Kier molecular flexibility index (Phi) is 6.13. The van der Waals surface area contributed by atoms with Gasteiger partial charge in [0.2, 0.25) is 0 Å². The maximum absolute atomic E-state index is 13.8. The molecule has 0 aromatic heterocycles. The average molecular weight is 278 g/mol. The van der Waals surface area contributed by atoms with Crippen LogP contribution >= 0.6 is 0 Å². The minimum Gasteiger partial charge on any atom is -0.481 e. The zero-order valence-corrected chi connectivity index (χ0v) is 11.8. The van der Waals surface area contributed by atoms with Gasteiger partial charge in [-0.25, -0.2) is 4.39 Å². The fourth-order valence-corrected chi connectivity index (χ4v) is 1.92. The highest BCUT2D eigenvalue weighted by Crippen LogP contribution is 2.15. The van der Waals surface area contributed by atoms with Gasteiger partial charge in [-0.2, -0.15) is 5.26 Å². The standard InChI is InChI=1S/C15H19FN2O2/c1-11(2)18(7-3-4-15(19)20)10-13-6-5-12(9-17)8-14(13)16/h5-6,8,11H,3-4,7,10H2,1-2H3,(H,19,20). The van der Waals surface area contributed by atoms with E-state index in [0.29, 0.717) is 30.6 Å². The lowest BCUT2D eigenvalue weighted by atomic mass is 10.1. The van der Waals surface area contributed by atoms with E-state index in [1.165, 1.54) is 6.07 Å². The zero-order chi connectivity index (χ0) is 15.1. The summed E-state index contributed by atoms with van der Waals surface area (Å²) >= 11 is 0. The summed E-state index contributed by atoms with van der Waals surface area (Å²) in [7, 11) is 0. The number of nitrogens with zero attached hydrogens (tertiary/aromatic N) is 2. The van der Waals surface area contributed by atoms with E-state index in [1.54, 1.807) is 12.1 Å². The zero-order valence-electron chi connectivity index (χ0n) is 11.8. The molecule has 20 heavy (non-hydrogen) atoms. The van der Waals surface area contributed by atoms with Crippen molar-refractivity contribution in [3.8, 4) is 6.07 Å². The first-order valence-electron chi connectivity index (χ1n) is 6.58. The second-order valence-electron chi connectivity index (χ2n) is 4.98. The van der Waals surface area contributed by atoms with Gasteiger partial charge in [0.1, 0.15) is 5.82 Å². The van der Waals surface area contributed by atoms with Crippen LogP contribution < -0.4 is 0 Å². The van der Waals surface area contributed by atoms with Gasteiger partial charge in [0.25, 0.3) is 0 Å². The highest BCUT2D eigenvalue weighted by molar-refractivity contribution is 5.66. The summed E-state index contributed by atoms with van der Waals surface area (Å²) in [6.07, 6.45) is 0.643. The molecule has 0 spiro atoms. The van der Waals surface area contributed by atoms with E-state index in [2.05, 4.69) is 0 Å². The molecular formula is C15H19FN2O2. The van der Waals surface area contributed by atoms with Gasteiger partial charge in [0.05, 0.1) is 11.6 Å². The van der Waals surface area contributed by atoms with Crippen LogP contribution in [0, 0.1) is 17.1 Å². The van der Waals surface area contributed by atoms with Crippen molar-refractivity contribution in [1.29, 1.82) is 5.26 Å². The summed E-state index contributed by atoms with van der Waals surface area (Å²) in [5.41, 5.74) is 0.821. The molecule has 5 heteroatoms. The number of hydrogen-bond donors (Lipinski definition) is 1. The molecule has 108 valence electrons. The van der Waals surface area contributed by atoms with Gasteiger partial charge in [-0.1, -0.05) is 6.07 Å². The molecule has 4 nitrogen and oxygen atoms in total. The summed E-state index contributed by atoms with van der Waals surface area (Å²) in [4.78, 5) is 12.5. The number of halogens is 1. The normalized spacial score (nSPS) is 10.8.